The third kappa shape index (κ3) is 2.39. The van der Waals surface area contributed by atoms with E-state index in [1.54, 1.807) is 0 Å². The summed E-state index contributed by atoms with van der Waals surface area (Å²) < 4.78 is 0. The fourth-order valence-corrected chi connectivity index (χ4v) is 4.23. The number of allylic oxidation sites excluding steroid dienone is 4. The minimum absolute atomic E-state index is 0.0580. The Morgan fingerprint density at radius 2 is 1.87 bits per heavy atom. The smallest absolute Gasteiger partial charge is 0.161 e. The first-order valence-corrected chi connectivity index (χ1v) is 8.53. The standard InChI is InChI=1S/C20H20N2O/c21-12-13-5-3-6-14(11-13)19-15-7-1-2-8-16(15)22-17-9-4-10-18(23)20(17)19/h3,5-6,11,19,22H,1-2,4,7-10H2. The first-order chi connectivity index (χ1) is 11.3. The lowest BCUT2D eigenvalue weighted by molar-refractivity contribution is -0.116. The molecule has 3 heteroatoms. The first kappa shape index (κ1) is 14.3. The fraction of sp³-hybridized carbons (Fsp3) is 0.400. The van der Waals surface area contributed by atoms with Crippen LogP contribution >= 0.6 is 0 Å². The van der Waals surface area contributed by atoms with Crippen molar-refractivity contribution >= 4 is 5.78 Å². The Labute approximate surface area is 136 Å². The SMILES string of the molecule is N#Cc1cccc(C2C3=C(CCCC3)NC3=C2C(=O)CCC3)c1. The van der Waals surface area contributed by atoms with Gasteiger partial charge in [0.15, 0.2) is 5.78 Å². The van der Waals surface area contributed by atoms with Gasteiger partial charge in [-0.3, -0.25) is 4.79 Å². The molecule has 0 amide bonds. The van der Waals surface area contributed by atoms with E-state index in [0.717, 1.165) is 42.5 Å². The van der Waals surface area contributed by atoms with E-state index in [-0.39, 0.29) is 11.7 Å². The molecule has 2 aliphatic carbocycles. The van der Waals surface area contributed by atoms with E-state index < -0.39 is 0 Å². The number of dihydropyridines is 1. The van der Waals surface area contributed by atoms with E-state index >= 15 is 0 Å². The van der Waals surface area contributed by atoms with Crippen LogP contribution < -0.4 is 5.32 Å². The van der Waals surface area contributed by atoms with Crippen molar-refractivity contribution in [1.82, 2.24) is 5.32 Å². The van der Waals surface area contributed by atoms with Crippen molar-refractivity contribution < 1.29 is 4.79 Å². The van der Waals surface area contributed by atoms with E-state index in [1.165, 1.54) is 24.1 Å². The third-order valence-corrected chi connectivity index (χ3v) is 5.25. The molecular weight excluding hydrogens is 284 g/mol. The summed E-state index contributed by atoms with van der Waals surface area (Å²) in [5, 5.41) is 12.8. The molecule has 0 bridgehead atoms. The Hall–Kier alpha value is -2.34. The van der Waals surface area contributed by atoms with Gasteiger partial charge in [-0.1, -0.05) is 12.1 Å². The van der Waals surface area contributed by atoms with Crippen LogP contribution in [0.3, 0.4) is 0 Å². The van der Waals surface area contributed by atoms with Gasteiger partial charge in [-0.25, -0.2) is 0 Å². The monoisotopic (exact) mass is 304 g/mol. The molecule has 0 saturated heterocycles. The summed E-state index contributed by atoms with van der Waals surface area (Å²) in [4.78, 5) is 12.7. The Balaban J connectivity index is 1.88. The van der Waals surface area contributed by atoms with Crippen LogP contribution in [0.2, 0.25) is 0 Å². The summed E-state index contributed by atoms with van der Waals surface area (Å²) in [7, 11) is 0. The number of carbonyl (C=O) groups is 1. The summed E-state index contributed by atoms with van der Waals surface area (Å²) in [6, 6.07) is 10.0. The van der Waals surface area contributed by atoms with Crippen LogP contribution in [0.1, 0.15) is 62.0 Å². The molecule has 0 aromatic heterocycles. The van der Waals surface area contributed by atoms with Crippen molar-refractivity contribution in [2.75, 3.05) is 0 Å². The highest BCUT2D eigenvalue weighted by molar-refractivity contribution is 5.99. The molecule has 1 N–H and O–H groups in total. The van der Waals surface area contributed by atoms with Crippen LogP contribution in [0.4, 0.5) is 0 Å². The van der Waals surface area contributed by atoms with Crippen LogP contribution in [0.5, 0.6) is 0 Å². The van der Waals surface area contributed by atoms with Crippen LogP contribution in [0.25, 0.3) is 0 Å². The van der Waals surface area contributed by atoms with Gasteiger partial charge in [-0.05, 0) is 61.8 Å². The highest BCUT2D eigenvalue weighted by Gasteiger charge is 2.36. The highest BCUT2D eigenvalue weighted by atomic mass is 16.1. The van der Waals surface area contributed by atoms with Crippen molar-refractivity contribution in [3.8, 4) is 6.07 Å². The maximum Gasteiger partial charge on any atom is 0.161 e. The number of nitriles is 1. The number of hydrogen-bond acceptors (Lipinski definition) is 3. The largest absolute Gasteiger partial charge is 0.362 e. The molecule has 0 fully saturated rings. The number of nitrogens with one attached hydrogen (secondary N) is 1. The van der Waals surface area contributed by atoms with Crippen LogP contribution in [0, 0.1) is 11.3 Å². The van der Waals surface area contributed by atoms with Gasteiger partial charge < -0.3 is 5.32 Å². The second-order valence-electron chi connectivity index (χ2n) is 6.68. The van der Waals surface area contributed by atoms with Gasteiger partial charge in [0.2, 0.25) is 0 Å². The molecule has 1 heterocycles. The van der Waals surface area contributed by atoms with Crippen molar-refractivity contribution in [3.05, 3.63) is 57.9 Å². The van der Waals surface area contributed by atoms with Crippen molar-refractivity contribution in [2.45, 2.75) is 50.9 Å². The summed E-state index contributed by atoms with van der Waals surface area (Å²) in [5.41, 5.74) is 6.57. The van der Waals surface area contributed by atoms with E-state index in [2.05, 4.69) is 17.5 Å². The van der Waals surface area contributed by atoms with Gasteiger partial charge in [0.25, 0.3) is 0 Å². The quantitative estimate of drug-likeness (QED) is 0.850. The molecule has 0 spiro atoms. The number of carbonyl (C=O) groups excluding carboxylic acids is 1. The molecule has 1 atom stereocenters. The zero-order valence-corrected chi connectivity index (χ0v) is 13.2. The third-order valence-electron chi connectivity index (χ3n) is 5.25. The number of rotatable bonds is 1. The number of ketones is 1. The topological polar surface area (TPSA) is 52.9 Å². The average molecular weight is 304 g/mol. The van der Waals surface area contributed by atoms with Gasteiger partial charge in [-0.2, -0.15) is 5.26 Å². The second-order valence-corrected chi connectivity index (χ2v) is 6.68. The van der Waals surface area contributed by atoms with Crippen LogP contribution in [0.15, 0.2) is 46.8 Å². The van der Waals surface area contributed by atoms with E-state index in [0.29, 0.717) is 12.0 Å². The molecule has 23 heavy (non-hydrogen) atoms. The molecule has 0 radical (unpaired) electrons. The minimum Gasteiger partial charge on any atom is -0.362 e. The maximum atomic E-state index is 12.7. The zero-order chi connectivity index (χ0) is 15.8. The zero-order valence-electron chi connectivity index (χ0n) is 13.2. The van der Waals surface area contributed by atoms with Gasteiger partial charge in [-0.15, -0.1) is 0 Å². The molecule has 3 aliphatic rings. The first-order valence-electron chi connectivity index (χ1n) is 8.53. The van der Waals surface area contributed by atoms with E-state index in [9.17, 15) is 10.1 Å². The van der Waals surface area contributed by atoms with Gasteiger partial charge in [0.1, 0.15) is 0 Å². The normalized spacial score (nSPS) is 23.8. The Bertz CT molecular complexity index is 779. The van der Waals surface area contributed by atoms with Gasteiger partial charge >= 0.3 is 0 Å². The Kier molecular flexibility index (Phi) is 3.53. The lowest BCUT2D eigenvalue weighted by Crippen LogP contribution is -2.33. The Morgan fingerprint density at radius 1 is 1.04 bits per heavy atom. The average Bonchev–Trinajstić information content (AvgIpc) is 2.60. The van der Waals surface area contributed by atoms with E-state index in [1.807, 2.05) is 18.2 Å². The van der Waals surface area contributed by atoms with Crippen molar-refractivity contribution in [2.24, 2.45) is 0 Å². The molecule has 0 saturated carbocycles. The maximum absolute atomic E-state index is 12.7. The predicted octanol–water partition coefficient (Wildman–Crippen LogP) is 4.08. The minimum atomic E-state index is 0.0580. The highest BCUT2D eigenvalue weighted by Crippen LogP contribution is 2.46. The molecule has 1 aromatic rings. The molecule has 116 valence electrons. The summed E-state index contributed by atoms with van der Waals surface area (Å²) in [6.07, 6.45) is 7.09. The summed E-state index contributed by atoms with van der Waals surface area (Å²) in [6.45, 7) is 0. The predicted molar refractivity (Wildman–Crippen MR) is 88.4 cm³/mol. The lowest BCUT2D eigenvalue weighted by Gasteiger charge is -2.38. The molecule has 3 nitrogen and oxygen atoms in total. The number of hydrogen-bond donors (Lipinski definition) is 1. The van der Waals surface area contributed by atoms with Gasteiger partial charge in [0.05, 0.1) is 11.6 Å². The molecule has 1 aromatic carbocycles. The van der Waals surface area contributed by atoms with Crippen LogP contribution in [-0.2, 0) is 4.79 Å². The molecule has 1 aliphatic heterocycles. The number of Topliss-reactive ketones (excluding diaryl/α,β-unsaturated/α-hetero) is 1. The van der Waals surface area contributed by atoms with Crippen molar-refractivity contribution in [3.63, 3.8) is 0 Å². The van der Waals surface area contributed by atoms with E-state index in [4.69, 9.17) is 0 Å². The van der Waals surface area contributed by atoms with Crippen molar-refractivity contribution in [1.29, 1.82) is 5.26 Å². The summed E-state index contributed by atoms with van der Waals surface area (Å²) >= 11 is 0. The summed E-state index contributed by atoms with van der Waals surface area (Å²) in [5.74, 6) is 0.339. The Morgan fingerprint density at radius 3 is 2.74 bits per heavy atom. The molecular formula is C20H20N2O. The molecule has 4 rings (SSSR count). The molecule has 1 unspecified atom stereocenters. The van der Waals surface area contributed by atoms with Gasteiger partial charge in [0, 0.05) is 29.3 Å². The number of nitrogens with zero attached hydrogens (tertiary/aromatic N) is 1. The second kappa shape index (κ2) is 5.70. The lowest BCUT2D eigenvalue weighted by atomic mass is 9.72. The number of benzene rings is 1. The fourth-order valence-electron chi connectivity index (χ4n) is 4.23. The van der Waals surface area contributed by atoms with Crippen LogP contribution in [-0.4, -0.2) is 5.78 Å².